The van der Waals surface area contributed by atoms with Gasteiger partial charge < -0.3 is 10.3 Å². The summed E-state index contributed by atoms with van der Waals surface area (Å²) in [5.74, 6) is -0.409. The van der Waals surface area contributed by atoms with Crippen LogP contribution in [0.4, 0.5) is 0 Å². The van der Waals surface area contributed by atoms with Crippen molar-refractivity contribution in [2.45, 2.75) is 33.2 Å². The molecule has 0 aliphatic carbocycles. The molecule has 21 heavy (non-hydrogen) atoms. The van der Waals surface area contributed by atoms with Crippen LogP contribution in [0.2, 0.25) is 0 Å². The van der Waals surface area contributed by atoms with E-state index in [1.54, 1.807) is 6.20 Å². The molecule has 2 aromatic heterocycles. The fourth-order valence-corrected chi connectivity index (χ4v) is 2.76. The molecule has 4 nitrogen and oxygen atoms in total. The number of pyridine rings is 1. The van der Waals surface area contributed by atoms with Crippen molar-refractivity contribution in [2.75, 3.05) is 0 Å². The Morgan fingerprint density at radius 1 is 1.48 bits per heavy atom. The summed E-state index contributed by atoms with van der Waals surface area (Å²) >= 11 is 0. The van der Waals surface area contributed by atoms with Crippen LogP contribution in [0.1, 0.15) is 35.1 Å². The normalized spacial score (nSPS) is 10.6. The fourth-order valence-electron chi connectivity index (χ4n) is 2.76. The van der Waals surface area contributed by atoms with Crippen molar-refractivity contribution in [3.63, 3.8) is 0 Å². The van der Waals surface area contributed by atoms with Gasteiger partial charge in [-0.2, -0.15) is 0 Å². The molecule has 1 amide bonds. The highest BCUT2D eigenvalue weighted by molar-refractivity contribution is 6.01. The van der Waals surface area contributed by atoms with E-state index in [4.69, 9.17) is 5.73 Å². The third-order valence-corrected chi connectivity index (χ3v) is 3.60. The molecule has 0 radical (unpaired) electrons. The summed E-state index contributed by atoms with van der Waals surface area (Å²) in [5, 5.41) is 0. The number of carbonyl (C=O) groups excluding carboxylic acids is 1. The Labute approximate surface area is 125 Å². The molecule has 2 rings (SSSR count). The number of hydrogen-bond donors (Lipinski definition) is 1. The highest BCUT2D eigenvalue weighted by atomic mass is 16.1. The minimum absolute atomic E-state index is 0.409. The van der Waals surface area contributed by atoms with Gasteiger partial charge in [-0.25, -0.2) is 0 Å². The van der Waals surface area contributed by atoms with Gasteiger partial charge in [0, 0.05) is 29.7 Å². The van der Waals surface area contributed by atoms with Crippen molar-refractivity contribution in [3.05, 3.63) is 54.0 Å². The summed E-state index contributed by atoms with van der Waals surface area (Å²) in [6.45, 7) is 8.51. The molecule has 0 bridgehead atoms. The van der Waals surface area contributed by atoms with Crippen molar-refractivity contribution in [3.8, 4) is 11.3 Å². The lowest BCUT2D eigenvalue weighted by molar-refractivity contribution is 0.1000. The Kier molecular flexibility index (Phi) is 4.58. The van der Waals surface area contributed by atoms with Crippen molar-refractivity contribution >= 4 is 5.91 Å². The van der Waals surface area contributed by atoms with Crippen LogP contribution in [0.5, 0.6) is 0 Å². The highest BCUT2D eigenvalue weighted by Gasteiger charge is 2.24. The van der Waals surface area contributed by atoms with Gasteiger partial charge in [-0.05, 0) is 25.5 Å². The molecule has 2 heterocycles. The van der Waals surface area contributed by atoms with Gasteiger partial charge in [-0.15, -0.1) is 6.58 Å². The molecule has 0 aliphatic rings. The maximum absolute atomic E-state index is 11.9. The Morgan fingerprint density at radius 2 is 2.24 bits per heavy atom. The van der Waals surface area contributed by atoms with Gasteiger partial charge in [0.25, 0.3) is 5.91 Å². The largest absolute Gasteiger partial charge is 0.366 e. The van der Waals surface area contributed by atoms with E-state index in [1.807, 2.05) is 31.2 Å². The predicted molar refractivity (Wildman–Crippen MR) is 85.1 cm³/mol. The molecule has 2 aromatic rings. The monoisotopic (exact) mass is 283 g/mol. The average Bonchev–Trinajstić information content (AvgIpc) is 2.74. The Hall–Kier alpha value is -2.36. The molecule has 0 saturated carbocycles. The number of hydrogen-bond acceptors (Lipinski definition) is 2. The summed E-state index contributed by atoms with van der Waals surface area (Å²) in [6, 6.07) is 5.70. The van der Waals surface area contributed by atoms with Crippen LogP contribution in [0, 0.1) is 6.92 Å². The van der Waals surface area contributed by atoms with E-state index in [2.05, 4.69) is 23.1 Å². The second-order valence-corrected chi connectivity index (χ2v) is 5.01. The SMILES string of the molecule is C=CCn1c(C)c(C(N)=O)c(-c2ccccn2)c1CCC. The van der Waals surface area contributed by atoms with E-state index in [9.17, 15) is 4.79 Å². The minimum atomic E-state index is -0.409. The lowest BCUT2D eigenvalue weighted by Gasteiger charge is -2.10. The molecule has 110 valence electrons. The summed E-state index contributed by atoms with van der Waals surface area (Å²) < 4.78 is 2.11. The van der Waals surface area contributed by atoms with Crippen LogP contribution in [0.25, 0.3) is 11.3 Å². The van der Waals surface area contributed by atoms with Crippen LogP contribution in [-0.2, 0) is 13.0 Å². The second-order valence-electron chi connectivity index (χ2n) is 5.01. The van der Waals surface area contributed by atoms with Crippen molar-refractivity contribution in [1.29, 1.82) is 0 Å². The van der Waals surface area contributed by atoms with Gasteiger partial charge in [0.1, 0.15) is 0 Å². The van der Waals surface area contributed by atoms with E-state index >= 15 is 0 Å². The molecule has 0 aromatic carbocycles. The first-order valence-electron chi connectivity index (χ1n) is 7.15. The zero-order chi connectivity index (χ0) is 15.4. The Morgan fingerprint density at radius 3 is 2.76 bits per heavy atom. The zero-order valence-electron chi connectivity index (χ0n) is 12.6. The molecule has 0 aliphatic heterocycles. The maximum Gasteiger partial charge on any atom is 0.251 e. The first-order valence-corrected chi connectivity index (χ1v) is 7.15. The van der Waals surface area contributed by atoms with Crippen LogP contribution in [0.15, 0.2) is 37.1 Å². The predicted octanol–water partition coefficient (Wildman–Crippen LogP) is 3.10. The second kappa shape index (κ2) is 6.39. The Balaban J connectivity index is 2.78. The third kappa shape index (κ3) is 2.75. The number of aromatic nitrogens is 2. The summed E-state index contributed by atoms with van der Waals surface area (Å²) in [7, 11) is 0. The highest BCUT2D eigenvalue weighted by Crippen LogP contribution is 2.32. The molecule has 0 atom stereocenters. The molecule has 0 unspecified atom stereocenters. The van der Waals surface area contributed by atoms with Crippen LogP contribution >= 0.6 is 0 Å². The third-order valence-electron chi connectivity index (χ3n) is 3.60. The number of nitrogens with zero attached hydrogens (tertiary/aromatic N) is 2. The summed E-state index contributed by atoms with van der Waals surface area (Å²) in [6.07, 6.45) is 5.42. The van der Waals surface area contributed by atoms with Crippen LogP contribution in [-0.4, -0.2) is 15.5 Å². The fraction of sp³-hybridized carbons (Fsp3) is 0.294. The number of amides is 1. The number of allylic oxidation sites excluding steroid dienone is 1. The van der Waals surface area contributed by atoms with E-state index in [1.165, 1.54) is 0 Å². The molecule has 0 saturated heterocycles. The van der Waals surface area contributed by atoms with Crippen LogP contribution in [0.3, 0.4) is 0 Å². The first-order chi connectivity index (χ1) is 10.1. The minimum Gasteiger partial charge on any atom is -0.366 e. The van der Waals surface area contributed by atoms with Gasteiger partial charge in [0.2, 0.25) is 0 Å². The number of primary amides is 1. The zero-order valence-corrected chi connectivity index (χ0v) is 12.6. The van der Waals surface area contributed by atoms with Gasteiger partial charge >= 0.3 is 0 Å². The van der Waals surface area contributed by atoms with Gasteiger partial charge in [0.05, 0.1) is 11.3 Å². The lowest BCUT2D eigenvalue weighted by Crippen LogP contribution is -2.13. The Bertz CT molecular complexity index is 656. The first kappa shape index (κ1) is 15.0. The average molecular weight is 283 g/mol. The molecule has 4 heteroatoms. The maximum atomic E-state index is 11.9. The summed E-state index contributed by atoms with van der Waals surface area (Å²) in [4.78, 5) is 16.3. The topological polar surface area (TPSA) is 60.9 Å². The van der Waals surface area contributed by atoms with Gasteiger partial charge in [0.15, 0.2) is 0 Å². The van der Waals surface area contributed by atoms with E-state index in [-0.39, 0.29) is 0 Å². The van der Waals surface area contributed by atoms with Gasteiger partial charge in [-0.1, -0.05) is 25.5 Å². The molecular formula is C17H21N3O. The van der Waals surface area contributed by atoms with Crippen molar-refractivity contribution in [2.24, 2.45) is 5.73 Å². The van der Waals surface area contributed by atoms with E-state index in [0.29, 0.717) is 12.1 Å². The van der Waals surface area contributed by atoms with E-state index in [0.717, 1.165) is 35.5 Å². The molecule has 0 fully saturated rings. The standard InChI is InChI=1S/C17H21N3O/c1-4-8-14-16(13-9-6-7-10-19-13)15(17(18)21)12(3)20(14)11-5-2/h5-7,9-10H,2,4,8,11H2,1,3H3,(H2,18,21). The lowest BCUT2D eigenvalue weighted by atomic mass is 10.0. The number of carbonyl (C=O) groups is 1. The summed E-state index contributed by atoms with van der Waals surface area (Å²) in [5.41, 5.74) is 9.83. The molecule has 2 N–H and O–H groups in total. The molecular weight excluding hydrogens is 262 g/mol. The van der Waals surface area contributed by atoms with E-state index < -0.39 is 5.91 Å². The van der Waals surface area contributed by atoms with Crippen molar-refractivity contribution in [1.82, 2.24) is 9.55 Å². The molecule has 0 spiro atoms. The van der Waals surface area contributed by atoms with Crippen LogP contribution < -0.4 is 5.73 Å². The van der Waals surface area contributed by atoms with Crippen molar-refractivity contribution < 1.29 is 4.79 Å². The number of rotatable bonds is 6. The van der Waals surface area contributed by atoms with Gasteiger partial charge in [-0.3, -0.25) is 9.78 Å². The quantitative estimate of drug-likeness (QED) is 0.828. The smallest absolute Gasteiger partial charge is 0.251 e. The number of nitrogens with two attached hydrogens (primary N) is 1.